The predicted octanol–water partition coefficient (Wildman–Crippen LogP) is 1.45. The number of likely N-dealkylation sites (N-methyl/N-ethyl adjacent to an activating group) is 1. The number of phenolic OH excluding ortho intramolecular Hbond substituents is 1. The molecule has 1 amide bonds. The maximum atomic E-state index is 11.9. The van der Waals surface area contributed by atoms with E-state index in [9.17, 15) is 9.90 Å². The van der Waals surface area contributed by atoms with Gasteiger partial charge in [-0.25, -0.2) is 0 Å². The van der Waals surface area contributed by atoms with E-state index in [-0.39, 0.29) is 17.7 Å². The summed E-state index contributed by atoms with van der Waals surface area (Å²) in [6, 6.07) is 6.71. The Bertz CT molecular complexity index is 404. The highest BCUT2D eigenvalue weighted by Crippen LogP contribution is 2.31. The zero-order chi connectivity index (χ0) is 13.0. The maximum absolute atomic E-state index is 11.9. The lowest BCUT2D eigenvalue weighted by molar-refractivity contribution is -0.121. The van der Waals surface area contributed by atoms with Gasteiger partial charge < -0.3 is 10.4 Å². The van der Waals surface area contributed by atoms with Crippen LogP contribution in [0.3, 0.4) is 0 Å². The largest absolute Gasteiger partial charge is 0.508 e. The molecule has 1 aliphatic carbocycles. The molecular weight excluding hydrogens is 248 g/mol. The van der Waals surface area contributed by atoms with Crippen molar-refractivity contribution in [2.24, 2.45) is 0 Å². The summed E-state index contributed by atoms with van der Waals surface area (Å²) in [5, 5.41) is 12.8. The molecule has 18 heavy (non-hydrogen) atoms. The molecule has 0 radical (unpaired) electrons. The van der Waals surface area contributed by atoms with Crippen LogP contribution in [0.25, 0.3) is 0 Å². The van der Waals surface area contributed by atoms with Crippen LogP contribution in [0.15, 0.2) is 24.3 Å². The first-order chi connectivity index (χ1) is 8.69. The highest BCUT2D eigenvalue weighted by atomic mass is 32.2. The first-order valence-electron chi connectivity index (χ1n) is 6.09. The second-order valence-electron chi connectivity index (χ2n) is 4.50. The summed E-state index contributed by atoms with van der Waals surface area (Å²) in [7, 11) is 1.78. The molecule has 1 fully saturated rings. The Balaban J connectivity index is 1.86. The van der Waals surface area contributed by atoms with Crippen LogP contribution in [0.4, 0.5) is 0 Å². The maximum Gasteiger partial charge on any atom is 0.247 e. The van der Waals surface area contributed by atoms with Crippen molar-refractivity contribution >= 4 is 17.9 Å². The van der Waals surface area contributed by atoms with Crippen LogP contribution in [0.2, 0.25) is 0 Å². The Morgan fingerprint density at radius 1 is 1.44 bits per heavy atom. The lowest BCUT2D eigenvalue weighted by Gasteiger charge is -2.15. The van der Waals surface area contributed by atoms with E-state index in [0.29, 0.717) is 11.7 Å². The van der Waals surface area contributed by atoms with Crippen molar-refractivity contribution in [3.63, 3.8) is 0 Å². The molecule has 3 N–H and O–H groups in total. The van der Waals surface area contributed by atoms with Crippen LogP contribution in [-0.4, -0.2) is 29.4 Å². The number of aromatic hydroxyl groups is 1. The van der Waals surface area contributed by atoms with Crippen molar-refractivity contribution < 1.29 is 9.90 Å². The van der Waals surface area contributed by atoms with Gasteiger partial charge in [-0.3, -0.25) is 9.52 Å². The normalized spacial score (nSPS) is 16.3. The Morgan fingerprint density at radius 3 is 2.67 bits per heavy atom. The molecule has 2 rings (SSSR count). The van der Waals surface area contributed by atoms with Gasteiger partial charge in [0.2, 0.25) is 5.91 Å². The third-order valence-electron chi connectivity index (χ3n) is 2.89. The highest BCUT2D eigenvalue weighted by molar-refractivity contribution is 7.98. The topological polar surface area (TPSA) is 61.4 Å². The molecule has 0 saturated heterocycles. The molecular formula is C13H18N2O2S. The van der Waals surface area contributed by atoms with E-state index in [1.807, 2.05) is 12.1 Å². The number of nitrogens with one attached hydrogen (secondary N) is 2. The van der Waals surface area contributed by atoms with Gasteiger partial charge in [-0.2, -0.15) is 0 Å². The second-order valence-corrected chi connectivity index (χ2v) is 5.60. The van der Waals surface area contributed by atoms with Gasteiger partial charge in [-0.1, -0.05) is 12.1 Å². The van der Waals surface area contributed by atoms with Crippen molar-refractivity contribution in [3.8, 4) is 5.75 Å². The van der Waals surface area contributed by atoms with Crippen LogP contribution in [0.1, 0.15) is 18.4 Å². The lowest BCUT2D eigenvalue weighted by atomic mass is 10.1. The quantitative estimate of drug-likeness (QED) is 0.682. The number of phenols is 1. The highest BCUT2D eigenvalue weighted by Gasteiger charge is 2.25. The number of benzene rings is 1. The van der Waals surface area contributed by atoms with E-state index in [4.69, 9.17) is 0 Å². The summed E-state index contributed by atoms with van der Waals surface area (Å²) in [5.74, 6) is 0.260. The van der Waals surface area contributed by atoms with Gasteiger partial charge in [0.25, 0.3) is 0 Å². The molecule has 1 aromatic carbocycles. The average molecular weight is 266 g/mol. The monoisotopic (exact) mass is 266 g/mol. The van der Waals surface area contributed by atoms with Crippen molar-refractivity contribution in [1.82, 2.24) is 10.0 Å². The molecule has 0 aliphatic heterocycles. The zero-order valence-corrected chi connectivity index (χ0v) is 11.2. The lowest BCUT2D eigenvalue weighted by Crippen LogP contribution is -2.41. The third-order valence-corrected chi connectivity index (χ3v) is 4.02. The van der Waals surface area contributed by atoms with Gasteiger partial charge in [0, 0.05) is 5.25 Å². The predicted molar refractivity (Wildman–Crippen MR) is 73.4 cm³/mol. The smallest absolute Gasteiger partial charge is 0.247 e. The van der Waals surface area contributed by atoms with Crippen LogP contribution >= 0.6 is 11.9 Å². The fraction of sp³-hybridized carbons (Fsp3) is 0.462. The van der Waals surface area contributed by atoms with E-state index in [1.165, 1.54) is 24.8 Å². The molecule has 4 nitrogen and oxygen atoms in total. The molecule has 0 unspecified atom stereocenters. The number of carbonyl (C=O) groups excluding carboxylic acids is 1. The Kier molecular flexibility index (Phi) is 4.49. The molecule has 1 saturated carbocycles. The minimum Gasteiger partial charge on any atom is -0.508 e. The Hall–Kier alpha value is -1.20. The Labute approximate surface area is 111 Å². The standard InChI is InChI=1S/C13H18N2O2S/c1-14-12(13(17)15-18-11-6-7-11)8-9-2-4-10(16)5-3-9/h2-5,11-12,14,16H,6-8H2,1H3,(H,15,17)/t12-/m0/s1. The fourth-order valence-corrected chi connectivity index (χ4v) is 2.39. The van der Waals surface area contributed by atoms with E-state index in [2.05, 4.69) is 10.0 Å². The van der Waals surface area contributed by atoms with Gasteiger partial charge in [-0.15, -0.1) is 0 Å². The fourth-order valence-electron chi connectivity index (χ4n) is 1.59. The number of carbonyl (C=O) groups is 1. The van der Waals surface area contributed by atoms with E-state index < -0.39 is 0 Å². The number of rotatable bonds is 6. The van der Waals surface area contributed by atoms with Crippen molar-refractivity contribution in [2.75, 3.05) is 7.05 Å². The minimum absolute atomic E-state index is 0.0162. The molecule has 5 heteroatoms. The number of hydrogen-bond donors (Lipinski definition) is 3. The van der Waals surface area contributed by atoms with Gasteiger partial charge >= 0.3 is 0 Å². The SMILES string of the molecule is CN[C@@H](Cc1ccc(O)cc1)C(=O)NSC1CC1. The second kappa shape index (κ2) is 6.11. The third kappa shape index (κ3) is 3.92. The van der Waals surface area contributed by atoms with E-state index in [0.717, 1.165) is 5.56 Å². The first-order valence-corrected chi connectivity index (χ1v) is 6.97. The molecule has 1 atom stereocenters. The van der Waals surface area contributed by atoms with Crippen molar-refractivity contribution in [3.05, 3.63) is 29.8 Å². The van der Waals surface area contributed by atoms with Crippen LogP contribution in [0, 0.1) is 0 Å². The number of hydrogen-bond acceptors (Lipinski definition) is 4. The summed E-state index contributed by atoms with van der Waals surface area (Å²) in [6.45, 7) is 0. The number of amides is 1. The zero-order valence-electron chi connectivity index (χ0n) is 10.3. The summed E-state index contributed by atoms with van der Waals surface area (Å²) in [6.07, 6.45) is 3.02. The summed E-state index contributed by atoms with van der Waals surface area (Å²) in [4.78, 5) is 11.9. The van der Waals surface area contributed by atoms with Gasteiger partial charge in [0.15, 0.2) is 0 Å². The molecule has 1 aliphatic rings. The molecule has 0 bridgehead atoms. The van der Waals surface area contributed by atoms with Crippen LogP contribution < -0.4 is 10.0 Å². The molecule has 0 heterocycles. The van der Waals surface area contributed by atoms with Gasteiger partial charge in [0.05, 0.1) is 6.04 Å². The van der Waals surface area contributed by atoms with Crippen molar-refractivity contribution in [1.29, 1.82) is 0 Å². The van der Waals surface area contributed by atoms with Crippen molar-refractivity contribution in [2.45, 2.75) is 30.6 Å². The van der Waals surface area contributed by atoms with Gasteiger partial charge in [-0.05, 0) is 56.0 Å². The average Bonchev–Trinajstić information content (AvgIpc) is 3.19. The molecule has 0 aromatic heterocycles. The Morgan fingerprint density at radius 2 is 2.11 bits per heavy atom. The van der Waals surface area contributed by atoms with Gasteiger partial charge in [0.1, 0.15) is 5.75 Å². The van der Waals surface area contributed by atoms with E-state index in [1.54, 1.807) is 19.2 Å². The minimum atomic E-state index is -0.235. The molecule has 98 valence electrons. The molecule has 1 aromatic rings. The molecule has 0 spiro atoms. The summed E-state index contributed by atoms with van der Waals surface area (Å²) < 4.78 is 2.89. The first kappa shape index (κ1) is 13.2. The summed E-state index contributed by atoms with van der Waals surface area (Å²) in [5.41, 5.74) is 1.03. The summed E-state index contributed by atoms with van der Waals surface area (Å²) >= 11 is 1.53. The van der Waals surface area contributed by atoms with Crippen LogP contribution in [0.5, 0.6) is 5.75 Å². The van der Waals surface area contributed by atoms with E-state index >= 15 is 0 Å². The van der Waals surface area contributed by atoms with Crippen LogP contribution in [-0.2, 0) is 11.2 Å².